The Kier molecular flexibility index (Phi) is 9.66. The Labute approximate surface area is 162 Å². The molecule has 0 fully saturated rings. The van der Waals surface area contributed by atoms with Gasteiger partial charge < -0.3 is 15.0 Å². The summed E-state index contributed by atoms with van der Waals surface area (Å²) in [5.41, 5.74) is 0.938. The minimum absolute atomic E-state index is 0.0502. The van der Waals surface area contributed by atoms with Crippen molar-refractivity contribution in [3.8, 4) is 0 Å². The summed E-state index contributed by atoms with van der Waals surface area (Å²) in [6, 6.07) is 6.77. The molecule has 0 radical (unpaired) electrons. The van der Waals surface area contributed by atoms with Gasteiger partial charge in [0.15, 0.2) is 0 Å². The molecule has 146 valence electrons. The second kappa shape index (κ2) is 11.2. The molecule has 0 saturated carbocycles. The van der Waals surface area contributed by atoms with E-state index < -0.39 is 6.04 Å². The van der Waals surface area contributed by atoms with Crippen molar-refractivity contribution in [2.75, 3.05) is 13.2 Å². The van der Waals surface area contributed by atoms with Gasteiger partial charge in [0, 0.05) is 30.6 Å². The van der Waals surface area contributed by atoms with Crippen LogP contribution in [0.2, 0.25) is 5.02 Å². The fraction of sp³-hybridized carbons (Fsp3) is 0.600. The van der Waals surface area contributed by atoms with Crippen LogP contribution in [0.4, 0.5) is 0 Å². The molecule has 0 aliphatic carbocycles. The normalized spacial score (nSPS) is 12.3. The zero-order valence-electron chi connectivity index (χ0n) is 16.4. The van der Waals surface area contributed by atoms with Gasteiger partial charge in [-0.3, -0.25) is 9.59 Å². The largest absolute Gasteiger partial charge is 0.379 e. The van der Waals surface area contributed by atoms with Crippen molar-refractivity contribution in [3.63, 3.8) is 0 Å². The predicted molar refractivity (Wildman–Crippen MR) is 105 cm³/mol. The van der Waals surface area contributed by atoms with Crippen molar-refractivity contribution in [3.05, 3.63) is 34.9 Å². The van der Waals surface area contributed by atoms with E-state index in [9.17, 15) is 9.59 Å². The van der Waals surface area contributed by atoms with Gasteiger partial charge in [0.05, 0.1) is 6.10 Å². The van der Waals surface area contributed by atoms with E-state index in [0.717, 1.165) is 12.0 Å². The molecule has 0 bridgehead atoms. The first-order valence-corrected chi connectivity index (χ1v) is 9.54. The van der Waals surface area contributed by atoms with Gasteiger partial charge in [-0.1, -0.05) is 37.6 Å². The standard InChI is InChI=1S/C20H31ClN2O3/c1-14(2)20(25)23(13-17-7-9-18(21)10-8-17)16(5)19(24)22-11-6-12-26-15(3)4/h7-10,14-16H,6,11-13H2,1-5H3,(H,22,24)/t16-/m1/s1. The molecule has 0 aromatic heterocycles. The van der Waals surface area contributed by atoms with E-state index in [-0.39, 0.29) is 23.8 Å². The van der Waals surface area contributed by atoms with Crippen LogP contribution in [-0.4, -0.2) is 42.0 Å². The van der Waals surface area contributed by atoms with Crippen LogP contribution in [0.25, 0.3) is 0 Å². The van der Waals surface area contributed by atoms with Gasteiger partial charge in [-0.05, 0) is 44.9 Å². The van der Waals surface area contributed by atoms with E-state index in [2.05, 4.69) is 5.32 Å². The molecule has 0 aliphatic rings. The molecule has 0 saturated heterocycles. The first-order valence-electron chi connectivity index (χ1n) is 9.16. The number of nitrogens with zero attached hydrogens (tertiary/aromatic N) is 1. The van der Waals surface area contributed by atoms with Crippen LogP contribution >= 0.6 is 11.6 Å². The molecule has 1 aromatic rings. The van der Waals surface area contributed by atoms with Gasteiger partial charge in [-0.15, -0.1) is 0 Å². The summed E-state index contributed by atoms with van der Waals surface area (Å²) in [5, 5.41) is 3.53. The smallest absolute Gasteiger partial charge is 0.242 e. The average molecular weight is 383 g/mol. The van der Waals surface area contributed by atoms with Gasteiger partial charge in [0.25, 0.3) is 0 Å². The molecule has 26 heavy (non-hydrogen) atoms. The number of rotatable bonds is 10. The van der Waals surface area contributed by atoms with Gasteiger partial charge in [-0.25, -0.2) is 0 Å². The van der Waals surface area contributed by atoms with Gasteiger partial charge in [0.1, 0.15) is 6.04 Å². The number of benzene rings is 1. The number of hydrogen-bond donors (Lipinski definition) is 1. The minimum atomic E-state index is -0.549. The van der Waals surface area contributed by atoms with E-state index in [0.29, 0.717) is 24.7 Å². The number of carbonyl (C=O) groups excluding carboxylic acids is 2. The third-order valence-electron chi connectivity index (χ3n) is 3.96. The van der Waals surface area contributed by atoms with E-state index >= 15 is 0 Å². The zero-order chi connectivity index (χ0) is 19.7. The molecule has 6 heteroatoms. The quantitative estimate of drug-likeness (QED) is 0.628. The van der Waals surface area contributed by atoms with E-state index in [1.165, 1.54) is 0 Å². The summed E-state index contributed by atoms with van der Waals surface area (Å²) in [4.78, 5) is 26.7. The summed E-state index contributed by atoms with van der Waals surface area (Å²) in [7, 11) is 0. The van der Waals surface area contributed by atoms with Crippen molar-refractivity contribution in [2.45, 2.75) is 59.7 Å². The molecule has 1 aromatic carbocycles. The Bertz CT molecular complexity index is 573. The van der Waals surface area contributed by atoms with Crippen LogP contribution in [0, 0.1) is 5.92 Å². The molecule has 1 atom stereocenters. The summed E-state index contributed by atoms with van der Waals surface area (Å²) in [6.45, 7) is 10.9. The van der Waals surface area contributed by atoms with Crippen LogP contribution in [0.5, 0.6) is 0 Å². The van der Waals surface area contributed by atoms with Crippen molar-refractivity contribution in [2.24, 2.45) is 5.92 Å². The average Bonchev–Trinajstić information content (AvgIpc) is 2.59. The maximum atomic E-state index is 12.6. The van der Waals surface area contributed by atoms with Crippen LogP contribution < -0.4 is 5.32 Å². The van der Waals surface area contributed by atoms with Crippen LogP contribution in [0.15, 0.2) is 24.3 Å². The molecule has 2 amide bonds. The van der Waals surface area contributed by atoms with E-state index in [1.54, 1.807) is 24.0 Å². The Balaban J connectivity index is 2.68. The number of hydrogen-bond acceptors (Lipinski definition) is 3. The third kappa shape index (κ3) is 7.75. The highest BCUT2D eigenvalue weighted by atomic mass is 35.5. The maximum Gasteiger partial charge on any atom is 0.242 e. The maximum absolute atomic E-state index is 12.6. The number of carbonyl (C=O) groups is 2. The van der Waals surface area contributed by atoms with Gasteiger partial charge in [0.2, 0.25) is 11.8 Å². The monoisotopic (exact) mass is 382 g/mol. The van der Waals surface area contributed by atoms with Crippen molar-refractivity contribution < 1.29 is 14.3 Å². The van der Waals surface area contributed by atoms with Crippen LogP contribution in [0.1, 0.15) is 46.6 Å². The fourth-order valence-corrected chi connectivity index (χ4v) is 2.54. The Morgan fingerprint density at radius 1 is 1.12 bits per heavy atom. The van der Waals surface area contributed by atoms with Crippen LogP contribution in [0.3, 0.4) is 0 Å². The minimum Gasteiger partial charge on any atom is -0.379 e. The van der Waals surface area contributed by atoms with E-state index in [4.69, 9.17) is 16.3 Å². The molecule has 0 unspecified atom stereocenters. The SMILES string of the molecule is CC(C)OCCCNC(=O)[C@@H](C)N(Cc1ccc(Cl)cc1)C(=O)C(C)C. The highest BCUT2D eigenvalue weighted by Crippen LogP contribution is 2.15. The highest BCUT2D eigenvalue weighted by Gasteiger charge is 2.27. The number of halogens is 1. The topological polar surface area (TPSA) is 58.6 Å². The number of amides is 2. The lowest BCUT2D eigenvalue weighted by molar-refractivity contribution is -0.143. The lowest BCUT2D eigenvalue weighted by Crippen LogP contribution is -2.49. The number of nitrogens with one attached hydrogen (secondary N) is 1. The summed E-state index contributed by atoms with van der Waals surface area (Å²) in [6.07, 6.45) is 0.925. The molecule has 0 aliphatic heterocycles. The highest BCUT2D eigenvalue weighted by molar-refractivity contribution is 6.30. The second-order valence-electron chi connectivity index (χ2n) is 6.99. The molecule has 5 nitrogen and oxygen atoms in total. The predicted octanol–water partition coefficient (Wildman–Crippen LogP) is 3.64. The summed E-state index contributed by atoms with van der Waals surface area (Å²) < 4.78 is 5.46. The third-order valence-corrected chi connectivity index (χ3v) is 4.21. The van der Waals surface area contributed by atoms with Crippen molar-refractivity contribution in [1.82, 2.24) is 10.2 Å². The lowest BCUT2D eigenvalue weighted by atomic mass is 10.1. The molecular formula is C20H31ClN2O3. The van der Waals surface area contributed by atoms with Gasteiger partial charge >= 0.3 is 0 Å². The molecule has 0 heterocycles. The first-order chi connectivity index (χ1) is 12.2. The Hall–Kier alpha value is -1.59. The summed E-state index contributed by atoms with van der Waals surface area (Å²) in [5.74, 6) is -0.389. The van der Waals surface area contributed by atoms with Crippen molar-refractivity contribution >= 4 is 23.4 Å². The Morgan fingerprint density at radius 3 is 2.27 bits per heavy atom. The zero-order valence-corrected chi connectivity index (χ0v) is 17.2. The fourth-order valence-electron chi connectivity index (χ4n) is 2.42. The molecule has 0 spiro atoms. The van der Waals surface area contributed by atoms with Crippen LogP contribution in [-0.2, 0) is 20.9 Å². The van der Waals surface area contributed by atoms with E-state index in [1.807, 2.05) is 39.8 Å². The Morgan fingerprint density at radius 2 is 1.73 bits per heavy atom. The molecule has 1 N–H and O–H groups in total. The number of ether oxygens (including phenoxy) is 1. The van der Waals surface area contributed by atoms with Crippen molar-refractivity contribution in [1.29, 1.82) is 0 Å². The lowest BCUT2D eigenvalue weighted by Gasteiger charge is -2.30. The molecular weight excluding hydrogens is 352 g/mol. The summed E-state index contributed by atoms with van der Waals surface area (Å²) >= 11 is 5.92. The first kappa shape index (κ1) is 22.5. The molecule has 1 rings (SSSR count). The van der Waals surface area contributed by atoms with Gasteiger partial charge in [-0.2, -0.15) is 0 Å². The second-order valence-corrected chi connectivity index (χ2v) is 7.42.